The van der Waals surface area contributed by atoms with Crippen LogP contribution in [0.4, 0.5) is 0 Å². The summed E-state index contributed by atoms with van der Waals surface area (Å²) in [5.41, 5.74) is 1.13. The van der Waals surface area contributed by atoms with E-state index in [0.29, 0.717) is 0 Å². The second-order valence-corrected chi connectivity index (χ2v) is 5.81. The SMILES string of the molecule is COc1c(Br)cc(Br)cc1CNCCCCCO.Cl. The van der Waals surface area contributed by atoms with Gasteiger partial charge in [-0.05, 0) is 53.9 Å². The maximum Gasteiger partial charge on any atom is 0.137 e. The van der Waals surface area contributed by atoms with Crippen molar-refractivity contribution < 1.29 is 9.84 Å². The molecule has 110 valence electrons. The van der Waals surface area contributed by atoms with E-state index in [-0.39, 0.29) is 19.0 Å². The molecule has 0 aliphatic heterocycles. The molecule has 0 unspecified atom stereocenters. The summed E-state index contributed by atoms with van der Waals surface area (Å²) < 4.78 is 7.38. The van der Waals surface area contributed by atoms with Crippen LogP contribution in [0.2, 0.25) is 0 Å². The lowest BCUT2D eigenvalue weighted by Crippen LogP contribution is -2.15. The van der Waals surface area contributed by atoms with Crippen molar-refractivity contribution in [3.05, 3.63) is 26.6 Å². The van der Waals surface area contributed by atoms with Crippen molar-refractivity contribution in [1.82, 2.24) is 5.32 Å². The standard InChI is InChI=1S/C13H19Br2NO2.ClH/c1-18-13-10(7-11(14)8-12(13)15)9-16-5-3-2-4-6-17;/h7-8,16-17H,2-6,9H2,1H3;1H. The molecule has 0 bridgehead atoms. The lowest BCUT2D eigenvalue weighted by molar-refractivity contribution is 0.283. The zero-order valence-electron chi connectivity index (χ0n) is 10.9. The first-order valence-corrected chi connectivity index (χ1v) is 7.61. The van der Waals surface area contributed by atoms with Crippen LogP contribution in [0, 0.1) is 0 Å². The van der Waals surface area contributed by atoms with Crippen molar-refractivity contribution in [3.63, 3.8) is 0 Å². The number of aliphatic hydroxyl groups excluding tert-OH is 1. The van der Waals surface area contributed by atoms with Gasteiger partial charge in [0.25, 0.3) is 0 Å². The average molecular weight is 418 g/mol. The number of nitrogens with one attached hydrogen (secondary N) is 1. The van der Waals surface area contributed by atoms with Crippen LogP contribution in [0.1, 0.15) is 24.8 Å². The molecule has 0 saturated heterocycles. The summed E-state index contributed by atoms with van der Waals surface area (Å²) in [6, 6.07) is 4.04. The van der Waals surface area contributed by atoms with Gasteiger partial charge in [0.05, 0.1) is 11.6 Å². The van der Waals surface area contributed by atoms with Crippen LogP contribution in [-0.4, -0.2) is 25.4 Å². The first-order valence-electron chi connectivity index (χ1n) is 6.02. The minimum Gasteiger partial charge on any atom is -0.495 e. The van der Waals surface area contributed by atoms with Crippen molar-refractivity contribution in [2.75, 3.05) is 20.3 Å². The molecule has 3 nitrogen and oxygen atoms in total. The van der Waals surface area contributed by atoms with Gasteiger partial charge in [-0.1, -0.05) is 15.9 Å². The second kappa shape index (κ2) is 10.9. The fourth-order valence-electron chi connectivity index (χ4n) is 1.74. The molecule has 2 N–H and O–H groups in total. The average Bonchev–Trinajstić information content (AvgIpc) is 2.33. The topological polar surface area (TPSA) is 41.5 Å². The van der Waals surface area contributed by atoms with E-state index in [0.717, 1.165) is 52.6 Å². The lowest BCUT2D eigenvalue weighted by Gasteiger charge is -2.12. The van der Waals surface area contributed by atoms with E-state index in [1.54, 1.807) is 7.11 Å². The fourth-order valence-corrected chi connectivity index (χ4v) is 3.21. The summed E-state index contributed by atoms with van der Waals surface area (Å²) in [5.74, 6) is 0.876. The van der Waals surface area contributed by atoms with Crippen molar-refractivity contribution in [2.45, 2.75) is 25.8 Å². The molecule has 1 aromatic carbocycles. The van der Waals surface area contributed by atoms with E-state index in [9.17, 15) is 0 Å². The normalized spacial score (nSPS) is 10.1. The molecule has 0 atom stereocenters. The van der Waals surface area contributed by atoms with Crippen LogP contribution in [0.15, 0.2) is 21.1 Å². The summed E-state index contributed by atoms with van der Waals surface area (Å²) in [7, 11) is 1.68. The van der Waals surface area contributed by atoms with Crippen LogP contribution in [0.3, 0.4) is 0 Å². The summed E-state index contributed by atoms with van der Waals surface area (Å²) in [6.07, 6.45) is 3.02. The predicted octanol–water partition coefficient (Wildman–Crippen LogP) is 3.89. The van der Waals surface area contributed by atoms with Gasteiger partial charge in [0.1, 0.15) is 5.75 Å². The number of benzene rings is 1. The van der Waals surface area contributed by atoms with E-state index in [2.05, 4.69) is 43.2 Å². The van der Waals surface area contributed by atoms with Crippen LogP contribution in [0.25, 0.3) is 0 Å². The number of rotatable bonds is 8. The Morgan fingerprint density at radius 2 is 1.95 bits per heavy atom. The van der Waals surface area contributed by atoms with E-state index < -0.39 is 0 Å². The van der Waals surface area contributed by atoms with Gasteiger partial charge in [-0.15, -0.1) is 12.4 Å². The van der Waals surface area contributed by atoms with E-state index in [1.807, 2.05) is 6.07 Å². The number of hydrogen-bond donors (Lipinski definition) is 2. The van der Waals surface area contributed by atoms with Crippen molar-refractivity contribution in [1.29, 1.82) is 0 Å². The van der Waals surface area contributed by atoms with Gasteiger partial charge in [0.15, 0.2) is 0 Å². The first kappa shape index (κ1) is 19.2. The Hall–Kier alpha value is 0.190. The zero-order valence-corrected chi connectivity index (χ0v) is 14.9. The van der Waals surface area contributed by atoms with Crippen molar-refractivity contribution in [2.24, 2.45) is 0 Å². The Balaban J connectivity index is 0.00000324. The molecule has 0 fully saturated rings. The van der Waals surface area contributed by atoms with Crippen LogP contribution < -0.4 is 10.1 Å². The molecule has 0 saturated carbocycles. The molecule has 0 heterocycles. The molecule has 0 aromatic heterocycles. The third-order valence-electron chi connectivity index (χ3n) is 2.62. The highest BCUT2D eigenvalue weighted by Gasteiger charge is 2.08. The molecule has 1 aromatic rings. The number of aliphatic hydroxyl groups is 1. The van der Waals surface area contributed by atoms with Crippen molar-refractivity contribution in [3.8, 4) is 5.75 Å². The number of unbranched alkanes of at least 4 members (excludes halogenated alkanes) is 2. The summed E-state index contributed by atoms with van der Waals surface area (Å²) in [4.78, 5) is 0. The quantitative estimate of drug-likeness (QED) is 0.631. The highest BCUT2D eigenvalue weighted by Crippen LogP contribution is 2.32. The van der Waals surface area contributed by atoms with Gasteiger partial charge >= 0.3 is 0 Å². The van der Waals surface area contributed by atoms with E-state index in [1.165, 1.54) is 0 Å². The molecular weight excluding hydrogens is 397 g/mol. The fraction of sp³-hybridized carbons (Fsp3) is 0.538. The molecule has 19 heavy (non-hydrogen) atoms. The third kappa shape index (κ3) is 6.95. The van der Waals surface area contributed by atoms with Crippen LogP contribution in [0.5, 0.6) is 5.75 Å². The third-order valence-corrected chi connectivity index (χ3v) is 3.66. The first-order chi connectivity index (χ1) is 8.69. The van der Waals surface area contributed by atoms with Crippen LogP contribution in [-0.2, 0) is 6.54 Å². The molecule has 6 heteroatoms. The molecule has 1 rings (SSSR count). The predicted molar refractivity (Wildman–Crippen MR) is 88.3 cm³/mol. The number of halogens is 3. The molecule has 0 aliphatic rings. The highest BCUT2D eigenvalue weighted by molar-refractivity contribution is 9.11. The van der Waals surface area contributed by atoms with Gasteiger partial charge in [-0.3, -0.25) is 0 Å². The van der Waals surface area contributed by atoms with Gasteiger partial charge in [-0.2, -0.15) is 0 Å². The van der Waals surface area contributed by atoms with Gasteiger partial charge < -0.3 is 15.2 Å². The number of hydrogen-bond acceptors (Lipinski definition) is 3. The molecule has 0 aliphatic carbocycles. The Morgan fingerprint density at radius 1 is 1.21 bits per heavy atom. The van der Waals surface area contributed by atoms with Crippen LogP contribution >= 0.6 is 44.3 Å². The molecular formula is C13H20Br2ClNO2. The minimum absolute atomic E-state index is 0. The van der Waals surface area contributed by atoms with Gasteiger partial charge in [0.2, 0.25) is 0 Å². The minimum atomic E-state index is 0. The summed E-state index contributed by atoms with van der Waals surface area (Å²) >= 11 is 6.97. The van der Waals surface area contributed by atoms with E-state index in [4.69, 9.17) is 9.84 Å². The highest BCUT2D eigenvalue weighted by atomic mass is 79.9. The summed E-state index contributed by atoms with van der Waals surface area (Å²) in [6.45, 7) is 2.01. The second-order valence-electron chi connectivity index (χ2n) is 4.04. The lowest BCUT2D eigenvalue weighted by atomic mass is 10.2. The zero-order chi connectivity index (χ0) is 13.4. The van der Waals surface area contributed by atoms with Gasteiger partial charge in [-0.25, -0.2) is 0 Å². The van der Waals surface area contributed by atoms with Gasteiger partial charge in [0, 0.05) is 23.2 Å². The molecule has 0 spiro atoms. The number of methoxy groups -OCH3 is 1. The Morgan fingerprint density at radius 3 is 2.58 bits per heavy atom. The summed E-state index contributed by atoms with van der Waals surface area (Å²) in [5, 5.41) is 12.1. The smallest absolute Gasteiger partial charge is 0.137 e. The Kier molecular flexibility index (Phi) is 11.0. The Labute approximate surface area is 137 Å². The monoisotopic (exact) mass is 415 g/mol. The maximum absolute atomic E-state index is 8.68. The van der Waals surface area contributed by atoms with E-state index >= 15 is 0 Å². The number of ether oxygens (including phenoxy) is 1. The maximum atomic E-state index is 8.68. The molecule has 0 radical (unpaired) electrons. The largest absolute Gasteiger partial charge is 0.495 e. The Bertz CT molecular complexity index is 378. The van der Waals surface area contributed by atoms with Crippen molar-refractivity contribution >= 4 is 44.3 Å². The molecule has 0 amide bonds.